The van der Waals surface area contributed by atoms with E-state index in [1.165, 1.54) is 6.07 Å². The van der Waals surface area contributed by atoms with Crippen LogP contribution >= 0.6 is 11.6 Å². The molecule has 0 bridgehead atoms. The number of H-pyrrole nitrogens is 1. The fourth-order valence-corrected chi connectivity index (χ4v) is 2.64. The Morgan fingerprint density at radius 1 is 1.28 bits per heavy atom. The van der Waals surface area contributed by atoms with Crippen LogP contribution in [0.1, 0.15) is 17.5 Å². The predicted molar refractivity (Wildman–Crippen MR) is 94.9 cm³/mol. The second-order valence-electron chi connectivity index (χ2n) is 5.59. The zero-order chi connectivity index (χ0) is 17.8. The lowest BCUT2D eigenvalue weighted by Crippen LogP contribution is -2.13. The third kappa shape index (κ3) is 4.03. The summed E-state index contributed by atoms with van der Waals surface area (Å²) in [4.78, 5) is 16.1. The Balaban J connectivity index is 1.65. The second-order valence-corrected chi connectivity index (χ2v) is 6.03. The Labute approximate surface area is 149 Å². The second kappa shape index (κ2) is 7.44. The molecule has 0 spiro atoms. The largest absolute Gasteiger partial charge is 0.311 e. The highest BCUT2D eigenvalue weighted by Gasteiger charge is 2.13. The number of hydrogen-bond acceptors (Lipinski definition) is 3. The maximum Gasteiger partial charge on any atom is 0.225 e. The van der Waals surface area contributed by atoms with E-state index in [-0.39, 0.29) is 12.3 Å². The van der Waals surface area contributed by atoms with Gasteiger partial charge >= 0.3 is 0 Å². The molecule has 2 N–H and O–H groups in total. The number of anilines is 1. The number of aryl methyl sites for hydroxylation is 1. The Morgan fingerprint density at radius 2 is 2.04 bits per heavy atom. The first-order valence-electron chi connectivity index (χ1n) is 7.73. The van der Waals surface area contributed by atoms with Crippen LogP contribution in [-0.2, 0) is 11.2 Å². The van der Waals surface area contributed by atoms with E-state index in [1.54, 1.807) is 24.5 Å². The summed E-state index contributed by atoms with van der Waals surface area (Å²) in [6, 6.07) is 8.14. The summed E-state index contributed by atoms with van der Waals surface area (Å²) in [5.41, 5.74) is 2.95. The fourth-order valence-electron chi connectivity index (χ4n) is 2.48. The molecule has 0 aliphatic rings. The molecule has 0 atom stereocenters. The van der Waals surface area contributed by atoms with Crippen LogP contribution in [0.5, 0.6) is 0 Å². The molecular formula is C18H16ClFN4O. The number of carbonyl (C=O) groups is 1. The number of amides is 1. The molecule has 2 heterocycles. The van der Waals surface area contributed by atoms with E-state index >= 15 is 0 Å². The zero-order valence-electron chi connectivity index (χ0n) is 13.5. The molecule has 0 aliphatic carbocycles. The molecule has 0 fully saturated rings. The summed E-state index contributed by atoms with van der Waals surface area (Å²) in [5, 5.41) is 10.2. The Bertz CT molecular complexity index is 895. The molecule has 0 radical (unpaired) electrons. The van der Waals surface area contributed by atoms with Crippen LogP contribution < -0.4 is 5.32 Å². The van der Waals surface area contributed by atoms with Crippen LogP contribution in [0.15, 0.2) is 42.7 Å². The number of pyridine rings is 1. The molecule has 128 valence electrons. The Morgan fingerprint density at radius 3 is 2.76 bits per heavy atom. The molecule has 0 unspecified atom stereocenters. The standard InChI is InChI=1S/C18H16ClFN4O/c1-11-17(13-6-8-21-9-7-13)23-24-18(11)22-16(25)5-3-12-2-4-14(19)10-15(12)20/h2,4,6-10H,3,5H2,1H3,(H2,22,23,24,25). The number of aromatic amines is 1. The third-order valence-electron chi connectivity index (χ3n) is 3.86. The van der Waals surface area contributed by atoms with Gasteiger partial charge in [-0.3, -0.25) is 14.9 Å². The highest BCUT2D eigenvalue weighted by atomic mass is 35.5. The van der Waals surface area contributed by atoms with Gasteiger partial charge in [-0.2, -0.15) is 5.10 Å². The van der Waals surface area contributed by atoms with Crippen LogP contribution in [0.25, 0.3) is 11.3 Å². The maximum absolute atomic E-state index is 13.7. The lowest BCUT2D eigenvalue weighted by Gasteiger charge is -2.06. The lowest BCUT2D eigenvalue weighted by molar-refractivity contribution is -0.116. The van der Waals surface area contributed by atoms with Crippen molar-refractivity contribution in [2.24, 2.45) is 0 Å². The van der Waals surface area contributed by atoms with Gasteiger partial charge in [0.2, 0.25) is 5.91 Å². The van der Waals surface area contributed by atoms with Gasteiger partial charge < -0.3 is 5.32 Å². The van der Waals surface area contributed by atoms with E-state index in [0.29, 0.717) is 22.8 Å². The minimum Gasteiger partial charge on any atom is -0.311 e. The van der Waals surface area contributed by atoms with Crippen molar-refractivity contribution in [3.8, 4) is 11.3 Å². The minimum atomic E-state index is -0.405. The summed E-state index contributed by atoms with van der Waals surface area (Å²) in [5.74, 6) is -0.0891. The van der Waals surface area contributed by atoms with E-state index in [4.69, 9.17) is 11.6 Å². The lowest BCUT2D eigenvalue weighted by atomic mass is 10.1. The summed E-state index contributed by atoms with van der Waals surface area (Å²) in [7, 11) is 0. The summed E-state index contributed by atoms with van der Waals surface area (Å²) in [6.07, 6.45) is 3.81. The van der Waals surface area contributed by atoms with Crippen molar-refractivity contribution in [1.29, 1.82) is 0 Å². The first kappa shape index (κ1) is 17.1. The zero-order valence-corrected chi connectivity index (χ0v) is 14.3. The number of carbonyl (C=O) groups excluding carboxylic acids is 1. The highest BCUT2D eigenvalue weighted by molar-refractivity contribution is 6.30. The van der Waals surface area contributed by atoms with Gasteiger partial charge in [0.15, 0.2) is 0 Å². The van der Waals surface area contributed by atoms with Crippen molar-refractivity contribution >= 4 is 23.3 Å². The van der Waals surface area contributed by atoms with E-state index in [2.05, 4.69) is 20.5 Å². The van der Waals surface area contributed by atoms with E-state index in [9.17, 15) is 9.18 Å². The molecule has 0 aliphatic heterocycles. The van der Waals surface area contributed by atoms with E-state index < -0.39 is 5.82 Å². The average molecular weight is 359 g/mol. The topological polar surface area (TPSA) is 70.7 Å². The fraction of sp³-hybridized carbons (Fsp3) is 0.167. The SMILES string of the molecule is Cc1c(-c2ccncc2)n[nH]c1NC(=O)CCc1ccc(Cl)cc1F. The van der Waals surface area contributed by atoms with Crippen molar-refractivity contribution in [2.45, 2.75) is 19.8 Å². The summed E-state index contributed by atoms with van der Waals surface area (Å²) < 4.78 is 13.7. The first-order chi connectivity index (χ1) is 12.0. The molecule has 2 aromatic heterocycles. The number of nitrogens with zero attached hydrogens (tertiary/aromatic N) is 2. The molecule has 25 heavy (non-hydrogen) atoms. The van der Waals surface area contributed by atoms with Gasteiger partial charge in [0.05, 0.1) is 5.69 Å². The number of aromatic nitrogens is 3. The van der Waals surface area contributed by atoms with E-state index in [0.717, 1.165) is 16.8 Å². The van der Waals surface area contributed by atoms with Crippen molar-refractivity contribution in [1.82, 2.24) is 15.2 Å². The van der Waals surface area contributed by atoms with Crippen LogP contribution in [0, 0.1) is 12.7 Å². The number of nitrogens with one attached hydrogen (secondary N) is 2. The van der Waals surface area contributed by atoms with Crippen LogP contribution in [0.2, 0.25) is 5.02 Å². The van der Waals surface area contributed by atoms with Crippen molar-refractivity contribution in [2.75, 3.05) is 5.32 Å². The van der Waals surface area contributed by atoms with Crippen molar-refractivity contribution in [3.63, 3.8) is 0 Å². The molecule has 1 aromatic carbocycles. The summed E-state index contributed by atoms with van der Waals surface area (Å²) >= 11 is 5.72. The van der Waals surface area contributed by atoms with Crippen LogP contribution in [-0.4, -0.2) is 21.1 Å². The Hall–Kier alpha value is -2.73. The number of rotatable bonds is 5. The van der Waals surface area contributed by atoms with Gasteiger partial charge in [-0.1, -0.05) is 17.7 Å². The van der Waals surface area contributed by atoms with Crippen LogP contribution in [0.3, 0.4) is 0 Å². The average Bonchev–Trinajstić information content (AvgIpc) is 2.95. The molecule has 5 nitrogen and oxygen atoms in total. The van der Waals surface area contributed by atoms with Gasteiger partial charge in [-0.25, -0.2) is 4.39 Å². The van der Waals surface area contributed by atoms with Gasteiger partial charge in [0, 0.05) is 35.0 Å². The normalized spacial score (nSPS) is 10.7. The number of halogens is 2. The van der Waals surface area contributed by atoms with Crippen molar-refractivity contribution in [3.05, 3.63) is 64.7 Å². The molecule has 1 amide bonds. The molecule has 0 saturated heterocycles. The third-order valence-corrected chi connectivity index (χ3v) is 4.10. The summed E-state index contributed by atoms with van der Waals surface area (Å²) in [6.45, 7) is 1.87. The number of benzene rings is 1. The van der Waals surface area contributed by atoms with E-state index in [1.807, 2.05) is 19.1 Å². The molecule has 7 heteroatoms. The highest BCUT2D eigenvalue weighted by Crippen LogP contribution is 2.25. The smallest absolute Gasteiger partial charge is 0.225 e. The minimum absolute atomic E-state index is 0.154. The van der Waals surface area contributed by atoms with Crippen LogP contribution in [0.4, 0.5) is 10.2 Å². The maximum atomic E-state index is 13.7. The van der Waals surface area contributed by atoms with Gasteiger partial charge in [0.25, 0.3) is 0 Å². The quantitative estimate of drug-likeness (QED) is 0.720. The first-order valence-corrected chi connectivity index (χ1v) is 8.11. The predicted octanol–water partition coefficient (Wildman–Crippen LogP) is 4.14. The molecule has 3 aromatic rings. The molecule has 0 saturated carbocycles. The Kier molecular flexibility index (Phi) is 5.09. The molecular weight excluding hydrogens is 343 g/mol. The molecule has 3 rings (SSSR count). The van der Waals surface area contributed by atoms with Gasteiger partial charge in [-0.05, 0) is 43.2 Å². The van der Waals surface area contributed by atoms with Gasteiger partial charge in [-0.15, -0.1) is 0 Å². The van der Waals surface area contributed by atoms with Crippen molar-refractivity contribution < 1.29 is 9.18 Å². The van der Waals surface area contributed by atoms with Gasteiger partial charge in [0.1, 0.15) is 11.6 Å². The number of hydrogen-bond donors (Lipinski definition) is 2. The monoisotopic (exact) mass is 358 g/mol.